The molecule has 12 aliphatic carbocycles. The van der Waals surface area contributed by atoms with Crippen molar-refractivity contribution in [2.45, 2.75) is 315 Å². The van der Waals surface area contributed by atoms with Gasteiger partial charge in [0.25, 0.3) is 0 Å². The van der Waals surface area contributed by atoms with Crippen LogP contribution in [-0.4, -0.2) is 144 Å². The minimum Gasteiger partial charge on any atom is -0.393 e. The highest BCUT2D eigenvalue weighted by Crippen LogP contribution is 2.72. The second kappa shape index (κ2) is 30.6. The van der Waals surface area contributed by atoms with Crippen molar-refractivity contribution in [1.82, 2.24) is 20.7 Å². The van der Waals surface area contributed by atoms with Gasteiger partial charge in [-0.05, 0) is 317 Å². The topological polar surface area (TPSA) is 258 Å². The molecule has 34 atom stereocenters. The van der Waals surface area contributed by atoms with E-state index in [1.54, 1.807) is 17.8 Å². The summed E-state index contributed by atoms with van der Waals surface area (Å²) in [4.78, 5) is 45.0. The quantitative estimate of drug-likeness (QED) is 0.0527. The van der Waals surface area contributed by atoms with Crippen molar-refractivity contribution in [1.29, 1.82) is 0 Å². The number of nitrogens with one attached hydrogen (secondary N) is 4. The number of rotatable bonds is 22. The normalized spacial score (nSPS) is 45.9. The molecule has 2 aromatic carbocycles. The van der Waals surface area contributed by atoms with Crippen LogP contribution in [0.4, 0.5) is 5.69 Å². The number of anilines is 1. The number of nitrogens with zero attached hydrogens (tertiary/aromatic N) is 1. The summed E-state index contributed by atoms with van der Waals surface area (Å²) in [6.45, 7) is 23.3. The van der Waals surface area contributed by atoms with Crippen LogP contribution >= 0.6 is 11.8 Å². The zero-order valence-electron chi connectivity index (χ0n) is 67.6. The number of amides is 3. The van der Waals surface area contributed by atoms with Gasteiger partial charge in [0, 0.05) is 61.5 Å². The van der Waals surface area contributed by atoms with Crippen LogP contribution < -0.4 is 25.6 Å². The summed E-state index contributed by atoms with van der Waals surface area (Å²) in [6.07, 6.45) is 21.6. The van der Waals surface area contributed by atoms with Gasteiger partial charge in [-0.15, -0.1) is 0 Å². The molecule has 12 fully saturated rings. The maximum atomic E-state index is 14.4. The van der Waals surface area contributed by atoms with Gasteiger partial charge >= 0.3 is 0 Å². The summed E-state index contributed by atoms with van der Waals surface area (Å²) in [5.74, 6) is 4.44. The molecule has 107 heavy (non-hydrogen) atoms. The van der Waals surface area contributed by atoms with Crippen LogP contribution in [0.2, 0.25) is 0 Å². The van der Waals surface area contributed by atoms with E-state index in [0.717, 1.165) is 126 Å². The molecule has 16 nitrogen and oxygen atoms in total. The standard InChI is InChI=1S/C89H141N5O11S2/c1-14-17-49(2)60-24-27-63-80-67(46-75(98)87(60,63)8)85(6)37-33-56(41-53(85)44-72(80)96)91-83(103)69(35-39-106-13)92-79(102)31-23-51(4)62-26-29-64-81-66(47-76(99)89(62,64)10)84(5)36-32-55(40-52(84)43-71(81)95)90-78(101)30-22-50(3)61-25-28-65-82-68(48-77(100)88(61,65)9)86(7)38-34-57(42-54(86)45-73(82)97)93-107(104,105)74-21-16-18-58-59(74)19-15-20-70(58)94(11)12/h15-16,18-21,49-57,60-69,71-73,75-77,80-82,93,95-100H,14,17,22-48H2,1-13H3,(H,90,101)(H,91,103)(H,92,102)/t49?,50?,51?,52-,53-,54-,55+,56+,57+,60?,61?,62?,63?,64?,65?,66?,67?,68?,69-,71-,72-,73-,75?,76?,77?,80+,81+,82+,84?,85?,86?,87?,88?,89?/m0/s1. The Morgan fingerprint density at radius 1 is 0.505 bits per heavy atom. The third-order valence-electron chi connectivity index (χ3n) is 36.0. The first-order valence-corrected chi connectivity index (χ1v) is 46.2. The van der Waals surface area contributed by atoms with Gasteiger partial charge < -0.3 is 51.5 Å². The molecule has 0 bridgehead atoms. The van der Waals surface area contributed by atoms with Gasteiger partial charge in [0.2, 0.25) is 27.7 Å². The third kappa shape index (κ3) is 13.8. The van der Waals surface area contributed by atoms with Gasteiger partial charge in [-0.25, -0.2) is 13.1 Å². The fourth-order valence-corrected chi connectivity index (χ4v) is 32.1. The lowest BCUT2D eigenvalue weighted by Gasteiger charge is -2.63. The molecule has 0 radical (unpaired) electrons. The molecule has 0 aromatic heterocycles. The van der Waals surface area contributed by atoms with E-state index < -0.39 is 57.4 Å². The summed E-state index contributed by atoms with van der Waals surface area (Å²) in [5, 5.41) is 86.0. The smallest absolute Gasteiger partial charge is 0.242 e. The van der Waals surface area contributed by atoms with Gasteiger partial charge in [0.05, 0.1) is 41.5 Å². The molecule has 12 aliphatic rings. The number of hydrogen-bond donors (Lipinski definition) is 10. The van der Waals surface area contributed by atoms with Gasteiger partial charge in [-0.3, -0.25) is 14.4 Å². The first-order chi connectivity index (χ1) is 50.7. The Labute approximate surface area is 647 Å². The van der Waals surface area contributed by atoms with Crippen LogP contribution in [0, 0.1) is 139 Å². The van der Waals surface area contributed by atoms with Crippen molar-refractivity contribution in [2.75, 3.05) is 31.0 Å². The third-order valence-corrected chi connectivity index (χ3v) is 38.2. The van der Waals surface area contributed by atoms with Gasteiger partial charge in [-0.1, -0.05) is 106 Å². The van der Waals surface area contributed by atoms with E-state index in [0.29, 0.717) is 87.3 Å². The lowest BCUT2D eigenvalue weighted by Crippen LogP contribution is -2.63. The van der Waals surface area contributed by atoms with E-state index in [1.165, 1.54) is 6.42 Å². The molecule has 0 heterocycles. The Morgan fingerprint density at radius 3 is 1.36 bits per heavy atom. The number of aliphatic hydroxyl groups is 6. The Balaban J connectivity index is 0.536. The van der Waals surface area contributed by atoms with Crippen molar-refractivity contribution in [3.63, 3.8) is 0 Å². The number of benzene rings is 2. The molecule has 3 amide bonds. The number of aliphatic hydroxyl groups excluding tert-OH is 6. The summed E-state index contributed by atoms with van der Waals surface area (Å²) in [6, 6.07) is 10.4. The van der Waals surface area contributed by atoms with E-state index in [1.807, 2.05) is 55.6 Å². The van der Waals surface area contributed by atoms with E-state index in [2.05, 4.69) is 89.9 Å². The number of carbonyl (C=O) groups excluding carboxylic acids is 3. The Bertz CT molecular complexity index is 3660. The van der Waals surface area contributed by atoms with E-state index in [-0.39, 0.29) is 157 Å². The molecular formula is C89H141N5O11S2. The first kappa shape index (κ1) is 80.5. The largest absolute Gasteiger partial charge is 0.393 e. The average Bonchev–Trinajstić information content (AvgIpc) is 1.67. The minimum atomic E-state index is -3.85. The van der Waals surface area contributed by atoms with Crippen molar-refractivity contribution >= 4 is 56.0 Å². The Hall–Kier alpha value is -3.07. The zero-order chi connectivity index (χ0) is 76.6. The number of hydrogen-bond acceptors (Lipinski definition) is 13. The molecule has 21 unspecified atom stereocenters. The van der Waals surface area contributed by atoms with Crippen LogP contribution in [0.3, 0.4) is 0 Å². The van der Waals surface area contributed by atoms with Gasteiger partial charge in [0.15, 0.2) is 0 Å². The average molecular weight is 1520 g/mol. The number of carbonyl (C=O) groups is 3. The molecule has 600 valence electrons. The SMILES string of the molecule is CCCC(C)C1CCC2[C@@H]3C(CC(O)C12C)C1(C)CC[C@@H](NC(=O)[C@H](CCSC)NC(=O)CCC(C)C2CCC4[C@@H]5C(CC(O)C24C)C2(C)CC[C@@H](NC(=O)CCC(C)C4CCC6[C@@H]7C(CC(O)C46C)C4(C)CC[C@@H](NS(=O)(=O)c6cccc8c(N(C)C)cccc68)C[C@H]4C[C@@H]7O)C[C@H]2C[C@@H]5O)C[C@H]1C[C@@H]3O. The van der Waals surface area contributed by atoms with Crippen LogP contribution in [0.25, 0.3) is 10.8 Å². The number of fused-ring (bicyclic) bond motifs is 16. The highest BCUT2D eigenvalue weighted by atomic mass is 32.2. The maximum absolute atomic E-state index is 14.4. The van der Waals surface area contributed by atoms with Crippen LogP contribution in [0.1, 0.15) is 249 Å². The predicted octanol–water partition coefficient (Wildman–Crippen LogP) is 13.8. The summed E-state index contributed by atoms with van der Waals surface area (Å²) in [7, 11) is 0.0759. The van der Waals surface area contributed by atoms with Crippen LogP contribution in [0.5, 0.6) is 0 Å². The lowest BCUT2D eigenvalue weighted by atomic mass is 9.43. The second-order valence-corrected chi connectivity index (χ2v) is 43.3. The summed E-state index contributed by atoms with van der Waals surface area (Å²) in [5.41, 5.74) is -0.223. The van der Waals surface area contributed by atoms with Crippen molar-refractivity contribution < 1.29 is 53.4 Å². The second-order valence-electron chi connectivity index (χ2n) is 40.6. The van der Waals surface area contributed by atoms with Crippen LogP contribution in [-0.2, 0) is 24.4 Å². The predicted molar refractivity (Wildman–Crippen MR) is 426 cm³/mol. The lowest BCUT2D eigenvalue weighted by molar-refractivity contribution is -0.202. The molecule has 10 N–H and O–H groups in total. The zero-order valence-corrected chi connectivity index (χ0v) is 69.3. The number of thioether (sulfide) groups is 1. The molecular weight excluding hydrogens is 1380 g/mol. The molecule has 0 aliphatic heterocycles. The molecule has 0 saturated heterocycles. The van der Waals surface area contributed by atoms with Crippen LogP contribution in [0.15, 0.2) is 41.3 Å². The molecule has 0 spiro atoms. The minimum absolute atomic E-state index is 0.0126. The first-order valence-electron chi connectivity index (χ1n) is 43.3. The fourth-order valence-electron chi connectivity index (χ4n) is 30.2. The van der Waals surface area contributed by atoms with Crippen molar-refractivity contribution in [3.05, 3.63) is 36.4 Å². The Morgan fingerprint density at radius 2 is 0.916 bits per heavy atom. The molecule has 2 aromatic rings. The van der Waals surface area contributed by atoms with E-state index in [4.69, 9.17) is 0 Å². The van der Waals surface area contributed by atoms with E-state index in [9.17, 15) is 53.4 Å². The van der Waals surface area contributed by atoms with Gasteiger partial charge in [0.1, 0.15) is 6.04 Å². The van der Waals surface area contributed by atoms with E-state index >= 15 is 0 Å². The molecule has 18 heteroatoms. The number of sulfonamides is 1. The fraction of sp³-hybridized carbons (Fsp3) is 0.854. The van der Waals surface area contributed by atoms with Crippen molar-refractivity contribution in [2.24, 2.45) is 139 Å². The Kier molecular flexibility index (Phi) is 23.0. The van der Waals surface area contributed by atoms with Crippen molar-refractivity contribution in [3.8, 4) is 0 Å². The highest BCUT2D eigenvalue weighted by Gasteiger charge is 2.70. The highest BCUT2D eigenvalue weighted by molar-refractivity contribution is 7.98. The molecule has 12 saturated carbocycles. The summed E-state index contributed by atoms with van der Waals surface area (Å²) < 4.78 is 31.6. The summed E-state index contributed by atoms with van der Waals surface area (Å²) >= 11 is 1.67. The monoisotopic (exact) mass is 1520 g/mol. The van der Waals surface area contributed by atoms with Gasteiger partial charge in [-0.2, -0.15) is 11.8 Å². The molecule has 14 rings (SSSR count). The maximum Gasteiger partial charge on any atom is 0.242 e.